The second-order valence-corrected chi connectivity index (χ2v) is 10.1. The van der Waals surface area contributed by atoms with Crippen molar-refractivity contribution < 1.29 is 32.2 Å². The Morgan fingerprint density at radius 1 is 1.24 bits per heavy atom. The molecule has 1 atom stereocenters. The standard InChI is InChI=1S/C27H26ClF3N6O4/c1-37-8-4-6-15(13-37)34-23(38)16-9-21(40-2)19(10-18(16)28)35-26-33-12-17(27(29,30)31)25(36-26)41-20-7-3-5-14-11-32-24(39)22(14)20/h3,5,7,9-10,12,15H,4,6,8,11,13H2,1-2H3,(H,32,39)(H,34,38)(H,33,35,36)/t15-/m0/s1. The van der Waals surface area contributed by atoms with Crippen LogP contribution in [0.15, 0.2) is 36.5 Å². The summed E-state index contributed by atoms with van der Waals surface area (Å²) in [5, 5.41) is 8.47. The molecule has 0 radical (unpaired) electrons. The van der Waals surface area contributed by atoms with Crippen molar-refractivity contribution in [3.8, 4) is 17.4 Å². The Bertz CT molecular complexity index is 1500. The van der Waals surface area contributed by atoms with Crippen molar-refractivity contribution >= 4 is 35.1 Å². The number of fused-ring (bicyclic) bond motifs is 1. The minimum atomic E-state index is -4.84. The molecule has 0 spiro atoms. The maximum absolute atomic E-state index is 13.8. The molecule has 2 amide bonds. The van der Waals surface area contributed by atoms with Crippen LogP contribution in [-0.4, -0.2) is 60.0 Å². The average molecular weight is 591 g/mol. The first-order chi connectivity index (χ1) is 19.5. The first-order valence-corrected chi connectivity index (χ1v) is 13.1. The summed E-state index contributed by atoms with van der Waals surface area (Å²) in [6.07, 6.45) is -2.46. The lowest BCUT2D eigenvalue weighted by atomic mass is 10.1. The van der Waals surface area contributed by atoms with Gasteiger partial charge in [-0.05, 0) is 50.2 Å². The molecule has 0 saturated carbocycles. The van der Waals surface area contributed by atoms with E-state index in [1.807, 2.05) is 7.05 Å². The first kappa shape index (κ1) is 28.4. The lowest BCUT2D eigenvalue weighted by Crippen LogP contribution is -2.46. The Kier molecular flexibility index (Phi) is 7.91. The van der Waals surface area contributed by atoms with Crippen LogP contribution in [-0.2, 0) is 12.7 Å². The van der Waals surface area contributed by atoms with Crippen LogP contribution in [0.5, 0.6) is 17.4 Å². The summed E-state index contributed by atoms with van der Waals surface area (Å²) in [5.41, 5.74) is -0.124. The predicted octanol–water partition coefficient (Wildman–Crippen LogP) is 4.76. The van der Waals surface area contributed by atoms with Crippen LogP contribution in [0.1, 0.15) is 44.7 Å². The number of rotatable bonds is 7. The highest BCUT2D eigenvalue weighted by molar-refractivity contribution is 6.34. The van der Waals surface area contributed by atoms with Crippen LogP contribution in [0.3, 0.4) is 0 Å². The van der Waals surface area contributed by atoms with Crippen molar-refractivity contribution in [2.75, 3.05) is 32.6 Å². The van der Waals surface area contributed by atoms with E-state index in [1.165, 1.54) is 25.3 Å². The molecule has 10 nitrogen and oxygen atoms in total. The molecule has 0 aliphatic carbocycles. The van der Waals surface area contributed by atoms with E-state index in [4.69, 9.17) is 21.1 Å². The second-order valence-electron chi connectivity index (χ2n) is 9.72. The van der Waals surface area contributed by atoms with Gasteiger partial charge in [0, 0.05) is 25.3 Å². The van der Waals surface area contributed by atoms with Crippen LogP contribution in [0.4, 0.5) is 24.8 Å². The van der Waals surface area contributed by atoms with Gasteiger partial charge in [0.05, 0.1) is 28.9 Å². The van der Waals surface area contributed by atoms with Gasteiger partial charge in [0.2, 0.25) is 11.8 Å². The Morgan fingerprint density at radius 2 is 2.05 bits per heavy atom. The predicted molar refractivity (Wildman–Crippen MR) is 144 cm³/mol. The minimum Gasteiger partial charge on any atom is -0.495 e. The Balaban J connectivity index is 1.43. The molecule has 0 bridgehead atoms. The fraction of sp³-hybridized carbons (Fsp3) is 0.333. The molecule has 1 fully saturated rings. The molecule has 14 heteroatoms. The Labute approximate surface area is 238 Å². The lowest BCUT2D eigenvalue weighted by Gasteiger charge is -2.30. The number of halogens is 4. The molecule has 3 aromatic rings. The van der Waals surface area contributed by atoms with E-state index in [9.17, 15) is 22.8 Å². The Hall–Kier alpha value is -4.10. The zero-order valence-electron chi connectivity index (χ0n) is 22.1. The zero-order chi connectivity index (χ0) is 29.3. The summed E-state index contributed by atoms with van der Waals surface area (Å²) in [5.74, 6) is -1.79. The van der Waals surface area contributed by atoms with E-state index in [2.05, 4.69) is 30.8 Å². The van der Waals surface area contributed by atoms with Crippen molar-refractivity contribution in [2.45, 2.75) is 31.6 Å². The van der Waals surface area contributed by atoms with E-state index in [0.29, 0.717) is 18.3 Å². The number of amides is 2. The van der Waals surface area contributed by atoms with Crippen molar-refractivity contribution in [1.29, 1.82) is 0 Å². The smallest absolute Gasteiger partial charge is 0.423 e. The number of hydrogen-bond donors (Lipinski definition) is 3. The third-order valence-electron chi connectivity index (χ3n) is 6.78. The van der Waals surface area contributed by atoms with Crippen molar-refractivity contribution in [1.82, 2.24) is 25.5 Å². The zero-order valence-corrected chi connectivity index (χ0v) is 22.8. The number of carbonyl (C=O) groups excluding carboxylic acids is 2. The Morgan fingerprint density at radius 3 is 2.78 bits per heavy atom. The van der Waals surface area contributed by atoms with Gasteiger partial charge in [-0.25, -0.2) is 4.98 Å². The van der Waals surface area contributed by atoms with Crippen molar-refractivity contribution in [3.63, 3.8) is 0 Å². The number of hydrogen-bond acceptors (Lipinski definition) is 8. The summed E-state index contributed by atoms with van der Waals surface area (Å²) >= 11 is 6.44. The number of alkyl halides is 3. The molecule has 3 heterocycles. The van der Waals surface area contributed by atoms with E-state index in [0.717, 1.165) is 19.4 Å². The van der Waals surface area contributed by atoms with E-state index >= 15 is 0 Å². The third kappa shape index (κ3) is 6.15. The molecule has 5 rings (SSSR count). The molecule has 2 aliphatic heterocycles. The van der Waals surface area contributed by atoms with Crippen LogP contribution >= 0.6 is 11.6 Å². The third-order valence-corrected chi connectivity index (χ3v) is 7.10. The van der Waals surface area contributed by atoms with E-state index < -0.39 is 23.5 Å². The molecular formula is C27H26ClF3N6O4. The van der Waals surface area contributed by atoms with Gasteiger partial charge in [-0.15, -0.1) is 0 Å². The fourth-order valence-electron chi connectivity index (χ4n) is 4.80. The van der Waals surface area contributed by atoms with Gasteiger partial charge in [-0.1, -0.05) is 23.7 Å². The fourth-order valence-corrected chi connectivity index (χ4v) is 5.04. The second kappa shape index (κ2) is 11.4. The number of anilines is 2. The summed E-state index contributed by atoms with van der Waals surface area (Å²) in [6.45, 7) is 1.91. The van der Waals surface area contributed by atoms with E-state index in [1.54, 1.807) is 12.1 Å². The van der Waals surface area contributed by atoms with Gasteiger partial charge in [-0.3, -0.25) is 9.59 Å². The number of likely N-dealkylation sites (tertiary alicyclic amines) is 1. The van der Waals surface area contributed by atoms with Crippen LogP contribution in [0, 0.1) is 0 Å². The van der Waals surface area contributed by atoms with Crippen molar-refractivity contribution in [2.24, 2.45) is 0 Å². The highest BCUT2D eigenvalue weighted by atomic mass is 35.5. The molecule has 1 saturated heterocycles. The number of ether oxygens (including phenoxy) is 2. The first-order valence-electron chi connectivity index (χ1n) is 12.7. The van der Waals surface area contributed by atoms with Gasteiger partial charge in [0.1, 0.15) is 17.1 Å². The SMILES string of the molecule is COc1cc(C(=O)N[C@H]2CCCN(C)C2)c(Cl)cc1Nc1ncc(C(F)(F)F)c(Oc2cccc3c2C(=O)NC3)n1. The largest absolute Gasteiger partial charge is 0.495 e. The molecule has 1 aromatic heterocycles. The van der Waals surface area contributed by atoms with Crippen molar-refractivity contribution in [3.05, 3.63) is 63.8 Å². The average Bonchev–Trinajstić information content (AvgIpc) is 3.30. The van der Waals surface area contributed by atoms with Gasteiger partial charge in [0.15, 0.2) is 0 Å². The summed E-state index contributed by atoms with van der Waals surface area (Å²) in [6, 6.07) is 7.43. The molecule has 3 N–H and O–H groups in total. The summed E-state index contributed by atoms with van der Waals surface area (Å²) in [4.78, 5) is 35.1. The van der Waals surface area contributed by atoms with Gasteiger partial charge >= 0.3 is 6.18 Å². The van der Waals surface area contributed by atoms with Crippen LogP contribution in [0.2, 0.25) is 5.02 Å². The number of benzene rings is 2. The molecule has 41 heavy (non-hydrogen) atoms. The number of piperidine rings is 1. The van der Waals surface area contributed by atoms with Gasteiger partial charge < -0.3 is 30.3 Å². The van der Waals surface area contributed by atoms with Gasteiger partial charge in [0.25, 0.3) is 11.8 Å². The van der Waals surface area contributed by atoms with Gasteiger partial charge in [-0.2, -0.15) is 18.2 Å². The lowest BCUT2D eigenvalue weighted by molar-refractivity contribution is -0.139. The summed E-state index contributed by atoms with van der Waals surface area (Å²) in [7, 11) is 3.35. The number of nitrogens with one attached hydrogen (secondary N) is 3. The highest BCUT2D eigenvalue weighted by Crippen LogP contribution is 2.40. The minimum absolute atomic E-state index is 0.0306. The van der Waals surface area contributed by atoms with Crippen LogP contribution in [0.25, 0.3) is 0 Å². The number of carbonyl (C=O) groups is 2. The maximum atomic E-state index is 13.8. The summed E-state index contributed by atoms with van der Waals surface area (Å²) < 4.78 is 52.4. The van der Waals surface area contributed by atoms with Crippen LogP contribution < -0.4 is 25.4 Å². The van der Waals surface area contributed by atoms with E-state index in [-0.39, 0.29) is 57.8 Å². The number of likely N-dealkylation sites (N-methyl/N-ethyl adjacent to an activating group) is 1. The number of nitrogens with zero attached hydrogens (tertiary/aromatic N) is 3. The maximum Gasteiger partial charge on any atom is 0.423 e. The number of aromatic nitrogens is 2. The number of methoxy groups -OCH3 is 1. The normalized spacial score (nSPS) is 17.0. The molecule has 2 aliphatic rings. The topological polar surface area (TPSA) is 118 Å². The molecular weight excluding hydrogens is 565 g/mol. The molecule has 0 unspecified atom stereocenters. The quantitative estimate of drug-likeness (QED) is 0.361. The monoisotopic (exact) mass is 590 g/mol. The highest BCUT2D eigenvalue weighted by Gasteiger charge is 2.37. The molecule has 2 aromatic carbocycles. The molecule has 216 valence electrons.